The molecule has 7 heteroatoms. The number of esters is 1. The van der Waals surface area contributed by atoms with Crippen LogP contribution in [0, 0.1) is 17.8 Å². The lowest BCUT2D eigenvalue weighted by Gasteiger charge is -2.56. The van der Waals surface area contributed by atoms with Crippen molar-refractivity contribution in [3.8, 4) is 11.5 Å². The van der Waals surface area contributed by atoms with Crippen LogP contribution in [0.15, 0.2) is 18.2 Å². The Labute approximate surface area is 176 Å². The third-order valence-electron chi connectivity index (χ3n) is 6.72. The Morgan fingerprint density at radius 2 is 1.63 bits per heavy atom. The summed E-state index contributed by atoms with van der Waals surface area (Å²) in [7, 11) is 1.46. The molecule has 1 amide bonds. The summed E-state index contributed by atoms with van der Waals surface area (Å²) in [6, 6.07) is 4.73. The van der Waals surface area contributed by atoms with Crippen LogP contribution in [-0.2, 0) is 14.3 Å². The summed E-state index contributed by atoms with van der Waals surface area (Å²) in [6.07, 6.45) is 7.07. The van der Waals surface area contributed by atoms with E-state index in [2.05, 4.69) is 5.32 Å². The van der Waals surface area contributed by atoms with Gasteiger partial charge in [0.2, 0.25) is 0 Å². The monoisotopic (exact) mass is 415 g/mol. The van der Waals surface area contributed by atoms with Crippen LogP contribution in [0.2, 0.25) is 0 Å². The fourth-order valence-corrected chi connectivity index (χ4v) is 5.93. The number of nitrogens with one attached hydrogen (secondary N) is 1. The molecule has 0 aromatic heterocycles. The topological polar surface area (TPSA) is 90.9 Å². The van der Waals surface area contributed by atoms with Crippen LogP contribution in [0.1, 0.15) is 55.8 Å². The molecule has 0 spiro atoms. The minimum absolute atomic E-state index is 0.0932. The largest absolute Gasteiger partial charge is 0.493 e. The van der Waals surface area contributed by atoms with E-state index >= 15 is 0 Å². The molecule has 1 N–H and O–H groups in total. The minimum Gasteiger partial charge on any atom is -0.493 e. The summed E-state index contributed by atoms with van der Waals surface area (Å²) < 4.78 is 15.8. The van der Waals surface area contributed by atoms with Crippen molar-refractivity contribution < 1.29 is 28.6 Å². The van der Waals surface area contributed by atoms with Gasteiger partial charge in [0, 0.05) is 11.1 Å². The number of hydrogen-bond donors (Lipinski definition) is 1. The van der Waals surface area contributed by atoms with E-state index in [1.807, 2.05) is 0 Å². The van der Waals surface area contributed by atoms with Crippen molar-refractivity contribution in [3.63, 3.8) is 0 Å². The van der Waals surface area contributed by atoms with E-state index < -0.39 is 5.97 Å². The molecule has 0 unspecified atom stereocenters. The molecule has 0 radical (unpaired) electrons. The number of hydrogen-bond acceptors (Lipinski definition) is 6. The van der Waals surface area contributed by atoms with Crippen LogP contribution < -0.4 is 14.8 Å². The zero-order valence-electron chi connectivity index (χ0n) is 17.6. The van der Waals surface area contributed by atoms with E-state index in [9.17, 15) is 14.4 Å². The van der Waals surface area contributed by atoms with Crippen molar-refractivity contribution in [1.29, 1.82) is 0 Å². The van der Waals surface area contributed by atoms with E-state index in [0.717, 1.165) is 37.0 Å². The highest BCUT2D eigenvalue weighted by atomic mass is 16.6. The van der Waals surface area contributed by atoms with Crippen LogP contribution in [0.5, 0.6) is 11.5 Å². The van der Waals surface area contributed by atoms with Crippen LogP contribution in [-0.4, -0.2) is 43.5 Å². The summed E-state index contributed by atoms with van der Waals surface area (Å²) in [5.74, 6) is 1.92. The average molecular weight is 415 g/mol. The number of amides is 1. The molecule has 0 atom stereocenters. The highest BCUT2D eigenvalue weighted by Gasteiger charge is 2.51. The van der Waals surface area contributed by atoms with E-state index in [-0.39, 0.29) is 30.4 Å². The van der Waals surface area contributed by atoms with E-state index in [1.165, 1.54) is 33.3 Å². The number of ether oxygens (including phenoxy) is 3. The third kappa shape index (κ3) is 4.45. The first-order chi connectivity index (χ1) is 14.4. The predicted molar refractivity (Wildman–Crippen MR) is 108 cm³/mol. The Morgan fingerprint density at radius 1 is 1.00 bits per heavy atom. The lowest BCUT2D eigenvalue weighted by atomic mass is 9.53. The maximum Gasteiger partial charge on any atom is 0.344 e. The van der Waals surface area contributed by atoms with Crippen LogP contribution in [0.25, 0.3) is 0 Å². The average Bonchev–Trinajstić information content (AvgIpc) is 2.69. The fraction of sp³-hybridized carbons (Fsp3) is 0.609. The SMILES string of the molecule is COc1cc(C(C)=O)ccc1OCC(=O)OCC(=O)NC12CC3CC(CC(C3)C1)C2. The summed E-state index contributed by atoms with van der Waals surface area (Å²) in [5.41, 5.74) is 0.392. The van der Waals surface area contributed by atoms with Gasteiger partial charge in [0.15, 0.2) is 30.5 Å². The Balaban J connectivity index is 1.24. The highest BCUT2D eigenvalue weighted by molar-refractivity contribution is 5.94. The van der Waals surface area contributed by atoms with Crippen LogP contribution in [0.4, 0.5) is 0 Å². The second-order valence-corrected chi connectivity index (χ2v) is 9.12. The van der Waals surface area contributed by atoms with Crippen molar-refractivity contribution in [2.24, 2.45) is 17.8 Å². The van der Waals surface area contributed by atoms with Gasteiger partial charge in [-0.2, -0.15) is 0 Å². The number of Topliss-reactive ketones (excluding diaryl/α,β-unsaturated/α-hetero) is 1. The Hall–Kier alpha value is -2.57. The van der Waals surface area contributed by atoms with Crippen molar-refractivity contribution >= 4 is 17.7 Å². The molecule has 0 aliphatic heterocycles. The van der Waals surface area contributed by atoms with Crippen molar-refractivity contribution in [1.82, 2.24) is 5.32 Å². The molecule has 0 heterocycles. The molecule has 4 aliphatic carbocycles. The second-order valence-electron chi connectivity index (χ2n) is 9.12. The molecular weight excluding hydrogens is 386 g/mol. The second kappa shape index (κ2) is 8.28. The number of ketones is 1. The number of carbonyl (C=O) groups excluding carboxylic acids is 3. The summed E-state index contributed by atoms with van der Waals surface area (Å²) in [6.45, 7) is 0.811. The van der Waals surface area contributed by atoms with Gasteiger partial charge in [0.05, 0.1) is 7.11 Å². The van der Waals surface area contributed by atoms with Gasteiger partial charge >= 0.3 is 5.97 Å². The molecule has 162 valence electrons. The molecule has 1 aromatic carbocycles. The van der Waals surface area contributed by atoms with Crippen LogP contribution >= 0.6 is 0 Å². The minimum atomic E-state index is -0.631. The maximum atomic E-state index is 12.4. The first-order valence-electron chi connectivity index (χ1n) is 10.6. The molecule has 4 saturated carbocycles. The molecule has 4 aliphatic rings. The van der Waals surface area contributed by atoms with Gasteiger partial charge in [-0.3, -0.25) is 9.59 Å². The quantitative estimate of drug-likeness (QED) is 0.519. The van der Waals surface area contributed by atoms with Crippen molar-refractivity contribution in [2.75, 3.05) is 20.3 Å². The van der Waals surface area contributed by atoms with Gasteiger partial charge < -0.3 is 19.5 Å². The highest BCUT2D eigenvalue weighted by Crippen LogP contribution is 2.55. The van der Waals surface area contributed by atoms with Crippen molar-refractivity contribution in [2.45, 2.75) is 51.0 Å². The summed E-state index contributed by atoms with van der Waals surface area (Å²) in [4.78, 5) is 35.9. The molecule has 4 fully saturated rings. The standard InChI is InChI=1S/C23H29NO6/c1-14(25)18-3-4-19(20(8-18)28-2)29-13-22(27)30-12-21(26)24-23-9-15-5-16(10-23)7-17(6-15)11-23/h3-4,8,15-17H,5-7,9-13H2,1-2H3,(H,24,26). The van der Waals surface area contributed by atoms with E-state index in [0.29, 0.717) is 17.1 Å². The van der Waals surface area contributed by atoms with Gasteiger partial charge in [-0.1, -0.05) is 0 Å². The molecule has 1 aromatic rings. The first-order valence-corrected chi connectivity index (χ1v) is 10.6. The Morgan fingerprint density at radius 3 is 2.20 bits per heavy atom. The van der Waals surface area contributed by atoms with Crippen molar-refractivity contribution in [3.05, 3.63) is 23.8 Å². The number of rotatable bonds is 8. The van der Waals surface area contributed by atoms with E-state index in [1.54, 1.807) is 18.2 Å². The fourth-order valence-electron chi connectivity index (χ4n) is 5.93. The lowest BCUT2D eigenvalue weighted by Crippen LogP contribution is -2.60. The third-order valence-corrected chi connectivity index (χ3v) is 6.72. The van der Waals surface area contributed by atoms with E-state index in [4.69, 9.17) is 14.2 Å². The lowest BCUT2D eigenvalue weighted by molar-refractivity contribution is -0.151. The molecular formula is C23H29NO6. The Kier molecular flexibility index (Phi) is 5.71. The van der Waals surface area contributed by atoms with Crippen LogP contribution in [0.3, 0.4) is 0 Å². The number of carbonyl (C=O) groups is 3. The number of benzene rings is 1. The molecule has 7 nitrogen and oxygen atoms in total. The molecule has 5 rings (SSSR count). The van der Waals surface area contributed by atoms with Gasteiger partial charge in [-0.25, -0.2) is 4.79 Å². The molecule has 30 heavy (non-hydrogen) atoms. The Bertz CT molecular complexity index is 813. The maximum absolute atomic E-state index is 12.4. The molecule has 4 bridgehead atoms. The van der Waals surface area contributed by atoms with Gasteiger partial charge in [-0.05, 0) is 81.4 Å². The zero-order chi connectivity index (χ0) is 21.3. The predicted octanol–water partition coefficient (Wildman–Crippen LogP) is 2.90. The molecule has 0 saturated heterocycles. The zero-order valence-corrected chi connectivity index (χ0v) is 17.6. The van der Waals surface area contributed by atoms with Gasteiger partial charge in [0.25, 0.3) is 5.91 Å². The van der Waals surface area contributed by atoms with Gasteiger partial charge in [-0.15, -0.1) is 0 Å². The number of methoxy groups -OCH3 is 1. The summed E-state index contributed by atoms with van der Waals surface area (Å²) in [5, 5.41) is 3.18. The summed E-state index contributed by atoms with van der Waals surface area (Å²) >= 11 is 0. The normalized spacial score (nSPS) is 28.7. The van der Waals surface area contributed by atoms with Gasteiger partial charge in [0.1, 0.15) is 0 Å². The smallest absolute Gasteiger partial charge is 0.344 e. The first kappa shape index (κ1) is 20.7.